The van der Waals surface area contributed by atoms with E-state index < -0.39 is 16.0 Å². The van der Waals surface area contributed by atoms with Crippen LogP contribution in [0.15, 0.2) is 65.7 Å². The van der Waals surface area contributed by atoms with Gasteiger partial charge in [-0.2, -0.15) is 0 Å². The molecule has 116 valence electrons. The second-order valence-electron chi connectivity index (χ2n) is 4.78. The summed E-state index contributed by atoms with van der Waals surface area (Å²) < 4.78 is 27.1. The zero-order valence-electron chi connectivity index (χ0n) is 11.8. The fourth-order valence-electron chi connectivity index (χ4n) is 2.27. The maximum absolute atomic E-state index is 12.4. The summed E-state index contributed by atoms with van der Waals surface area (Å²) in [6.45, 7) is 0. The molecule has 0 radical (unpaired) electrons. The van der Waals surface area contributed by atoms with E-state index in [2.05, 4.69) is 9.71 Å². The molecular formula is C16H12N2O4S. The molecule has 1 heterocycles. The SMILES string of the molecule is O=C(O)c1c(NS(=O)(=O)c2ccccc2)ccc2ncccc12. The topological polar surface area (TPSA) is 96.4 Å². The van der Waals surface area contributed by atoms with E-state index in [-0.39, 0.29) is 16.1 Å². The van der Waals surface area contributed by atoms with Crippen molar-refractivity contribution < 1.29 is 18.3 Å². The van der Waals surface area contributed by atoms with Gasteiger partial charge in [-0.05, 0) is 30.3 Å². The van der Waals surface area contributed by atoms with E-state index in [0.29, 0.717) is 10.9 Å². The number of nitrogens with zero attached hydrogens (tertiary/aromatic N) is 1. The molecule has 0 saturated heterocycles. The predicted octanol–water partition coefficient (Wildman–Crippen LogP) is 2.73. The van der Waals surface area contributed by atoms with Gasteiger partial charge in [0.05, 0.1) is 21.7 Å². The molecule has 0 saturated carbocycles. The molecule has 0 bridgehead atoms. The number of sulfonamides is 1. The Balaban J connectivity index is 2.14. The van der Waals surface area contributed by atoms with E-state index in [0.717, 1.165) is 0 Å². The summed E-state index contributed by atoms with van der Waals surface area (Å²) in [5.41, 5.74) is 0.351. The Morgan fingerprint density at radius 2 is 1.74 bits per heavy atom. The summed E-state index contributed by atoms with van der Waals surface area (Å²) in [7, 11) is -3.87. The first-order chi connectivity index (χ1) is 11.0. The van der Waals surface area contributed by atoms with Crippen molar-refractivity contribution in [1.29, 1.82) is 0 Å². The molecule has 2 N–H and O–H groups in total. The van der Waals surface area contributed by atoms with Crippen molar-refractivity contribution in [3.8, 4) is 0 Å². The molecule has 0 amide bonds. The van der Waals surface area contributed by atoms with Crippen LogP contribution in [-0.2, 0) is 10.0 Å². The highest BCUT2D eigenvalue weighted by Gasteiger charge is 2.20. The summed E-state index contributed by atoms with van der Waals surface area (Å²) in [6, 6.07) is 13.9. The van der Waals surface area contributed by atoms with Gasteiger partial charge in [-0.15, -0.1) is 0 Å². The average molecular weight is 328 g/mol. The largest absolute Gasteiger partial charge is 0.478 e. The zero-order chi connectivity index (χ0) is 16.4. The van der Waals surface area contributed by atoms with Gasteiger partial charge in [0.2, 0.25) is 0 Å². The first-order valence-electron chi connectivity index (χ1n) is 6.68. The first kappa shape index (κ1) is 15.0. The lowest BCUT2D eigenvalue weighted by Crippen LogP contribution is -2.15. The lowest BCUT2D eigenvalue weighted by Gasteiger charge is -2.12. The van der Waals surface area contributed by atoms with Crippen LogP contribution in [0.1, 0.15) is 10.4 Å². The molecule has 23 heavy (non-hydrogen) atoms. The van der Waals surface area contributed by atoms with Crippen molar-refractivity contribution in [3.63, 3.8) is 0 Å². The van der Waals surface area contributed by atoms with Crippen LogP contribution >= 0.6 is 0 Å². The lowest BCUT2D eigenvalue weighted by atomic mass is 10.1. The van der Waals surface area contributed by atoms with Gasteiger partial charge in [0.25, 0.3) is 10.0 Å². The minimum absolute atomic E-state index is 0.00172. The van der Waals surface area contributed by atoms with E-state index in [1.54, 1.807) is 42.6 Å². The Morgan fingerprint density at radius 3 is 2.43 bits per heavy atom. The maximum atomic E-state index is 12.4. The fraction of sp³-hybridized carbons (Fsp3) is 0. The Morgan fingerprint density at radius 1 is 1.00 bits per heavy atom. The standard InChI is InChI=1S/C16H12N2O4S/c19-16(20)15-12-7-4-10-17-13(12)8-9-14(15)18-23(21,22)11-5-2-1-3-6-11/h1-10,18H,(H,19,20). The van der Waals surface area contributed by atoms with Crippen LogP contribution < -0.4 is 4.72 Å². The van der Waals surface area contributed by atoms with Crippen molar-refractivity contribution in [2.45, 2.75) is 4.90 Å². The number of carbonyl (C=O) groups is 1. The minimum Gasteiger partial charge on any atom is -0.478 e. The van der Waals surface area contributed by atoms with Crippen LogP contribution in [0.4, 0.5) is 5.69 Å². The molecule has 0 atom stereocenters. The van der Waals surface area contributed by atoms with E-state index in [1.807, 2.05) is 0 Å². The fourth-order valence-corrected chi connectivity index (χ4v) is 3.36. The Labute approximate surface area is 132 Å². The van der Waals surface area contributed by atoms with Gasteiger partial charge in [-0.1, -0.05) is 24.3 Å². The number of carboxylic acid groups (broad SMARTS) is 1. The molecule has 0 aliphatic heterocycles. The quantitative estimate of drug-likeness (QED) is 0.767. The third kappa shape index (κ3) is 2.86. The molecule has 0 fully saturated rings. The first-order valence-corrected chi connectivity index (χ1v) is 8.16. The van der Waals surface area contributed by atoms with Crippen molar-refractivity contribution in [2.24, 2.45) is 0 Å². The molecule has 0 spiro atoms. The van der Waals surface area contributed by atoms with Gasteiger partial charge in [0.1, 0.15) is 0 Å². The molecule has 3 rings (SSSR count). The number of pyridine rings is 1. The van der Waals surface area contributed by atoms with Crippen LogP contribution in [-0.4, -0.2) is 24.5 Å². The van der Waals surface area contributed by atoms with Crippen molar-refractivity contribution >= 4 is 32.6 Å². The number of nitrogens with one attached hydrogen (secondary N) is 1. The highest BCUT2D eigenvalue weighted by molar-refractivity contribution is 7.92. The highest BCUT2D eigenvalue weighted by Crippen LogP contribution is 2.27. The Hall–Kier alpha value is -2.93. The van der Waals surface area contributed by atoms with Crippen LogP contribution in [0.5, 0.6) is 0 Å². The molecule has 1 aromatic heterocycles. The smallest absolute Gasteiger partial charge is 0.338 e. The molecule has 2 aromatic carbocycles. The van der Waals surface area contributed by atoms with Crippen LogP contribution in [0, 0.1) is 0 Å². The number of fused-ring (bicyclic) bond motifs is 1. The second kappa shape index (κ2) is 5.69. The molecule has 6 nitrogen and oxygen atoms in total. The number of benzene rings is 2. The normalized spacial score (nSPS) is 11.3. The molecule has 0 aliphatic carbocycles. The number of hydrogen-bond acceptors (Lipinski definition) is 4. The molecule has 7 heteroatoms. The second-order valence-corrected chi connectivity index (χ2v) is 6.46. The number of aromatic carboxylic acids is 1. The molecule has 3 aromatic rings. The van der Waals surface area contributed by atoms with E-state index in [4.69, 9.17) is 0 Å². The lowest BCUT2D eigenvalue weighted by molar-refractivity contribution is 0.0700. The number of rotatable bonds is 4. The number of hydrogen-bond donors (Lipinski definition) is 2. The van der Waals surface area contributed by atoms with Crippen LogP contribution in [0.3, 0.4) is 0 Å². The third-order valence-electron chi connectivity index (χ3n) is 3.30. The minimum atomic E-state index is -3.87. The van der Waals surface area contributed by atoms with Gasteiger partial charge in [-0.25, -0.2) is 13.2 Å². The number of carboxylic acids is 1. The average Bonchev–Trinajstić information content (AvgIpc) is 2.55. The Kier molecular flexibility index (Phi) is 3.71. The van der Waals surface area contributed by atoms with E-state index in [1.165, 1.54) is 18.2 Å². The number of anilines is 1. The summed E-state index contributed by atoms with van der Waals surface area (Å²) in [5, 5.41) is 9.84. The van der Waals surface area contributed by atoms with Crippen molar-refractivity contribution in [1.82, 2.24) is 4.98 Å². The monoisotopic (exact) mass is 328 g/mol. The molecule has 0 aliphatic rings. The number of aromatic nitrogens is 1. The predicted molar refractivity (Wildman–Crippen MR) is 86.0 cm³/mol. The van der Waals surface area contributed by atoms with Gasteiger partial charge < -0.3 is 5.11 Å². The van der Waals surface area contributed by atoms with E-state index in [9.17, 15) is 18.3 Å². The van der Waals surface area contributed by atoms with Gasteiger partial charge >= 0.3 is 5.97 Å². The van der Waals surface area contributed by atoms with Crippen molar-refractivity contribution in [2.75, 3.05) is 4.72 Å². The summed E-state index contributed by atoms with van der Waals surface area (Å²) in [4.78, 5) is 15.7. The van der Waals surface area contributed by atoms with Crippen LogP contribution in [0.2, 0.25) is 0 Å². The summed E-state index contributed by atoms with van der Waals surface area (Å²) in [5.74, 6) is -1.23. The van der Waals surface area contributed by atoms with Gasteiger partial charge in [-0.3, -0.25) is 9.71 Å². The van der Waals surface area contributed by atoms with E-state index >= 15 is 0 Å². The van der Waals surface area contributed by atoms with Gasteiger partial charge in [0.15, 0.2) is 0 Å². The van der Waals surface area contributed by atoms with Crippen molar-refractivity contribution in [3.05, 3.63) is 66.4 Å². The molecular weight excluding hydrogens is 316 g/mol. The summed E-state index contributed by atoms with van der Waals surface area (Å²) >= 11 is 0. The Bertz CT molecular complexity index is 985. The zero-order valence-corrected chi connectivity index (χ0v) is 12.6. The maximum Gasteiger partial charge on any atom is 0.338 e. The highest BCUT2D eigenvalue weighted by atomic mass is 32.2. The van der Waals surface area contributed by atoms with Crippen LogP contribution in [0.25, 0.3) is 10.9 Å². The summed E-state index contributed by atoms with van der Waals surface area (Å²) in [6.07, 6.45) is 1.54. The third-order valence-corrected chi connectivity index (χ3v) is 4.68. The van der Waals surface area contributed by atoms with Gasteiger partial charge in [0, 0.05) is 11.6 Å². The molecule has 0 unspecified atom stereocenters.